The molecule has 8 heteroatoms. The zero-order valence-corrected chi connectivity index (χ0v) is 11.7. The minimum Gasteiger partial charge on any atom is -0.337 e. The maximum atomic E-state index is 4.58. The van der Waals surface area contributed by atoms with E-state index in [1.165, 1.54) is 11.5 Å². The predicted octanol–water partition coefficient (Wildman–Crippen LogP) is 0.685. The first-order valence-corrected chi connectivity index (χ1v) is 7.35. The summed E-state index contributed by atoms with van der Waals surface area (Å²) in [6.45, 7) is 5.98. The predicted molar refractivity (Wildman–Crippen MR) is 74.4 cm³/mol. The first kappa shape index (κ1) is 12.5. The van der Waals surface area contributed by atoms with E-state index in [-0.39, 0.29) is 0 Å². The van der Waals surface area contributed by atoms with Crippen molar-refractivity contribution in [2.75, 3.05) is 31.1 Å². The van der Waals surface area contributed by atoms with Crippen LogP contribution in [-0.4, -0.2) is 50.9 Å². The normalized spacial score (nSPS) is 15.9. The van der Waals surface area contributed by atoms with Gasteiger partial charge in [-0.25, -0.2) is 0 Å². The number of hydrogen-bond donors (Lipinski definition) is 2. The highest BCUT2D eigenvalue weighted by atomic mass is 32.1. The molecule has 0 atom stereocenters. The Morgan fingerprint density at radius 1 is 1.32 bits per heavy atom. The molecule has 0 saturated carbocycles. The summed E-state index contributed by atoms with van der Waals surface area (Å²) in [5.41, 5.74) is 1.01. The Kier molecular flexibility index (Phi) is 3.69. The second-order valence-electron chi connectivity index (χ2n) is 4.52. The second kappa shape index (κ2) is 5.62. The summed E-state index contributed by atoms with van der Waals surface area (Å²) in [7, 11) is 0. The molecule has 102 valence electrons. The number of aromatic amines is 1. The van der Waals surface area contributed by atoms with E-state index in [2.05, 4.69) is 41.9 Å². The second-order valence-corrected chi connectivity index (χ2v) is 5.27. The minimum absolute atomic E-state index is 0.771. The zero-order valence-electron chi connectivity index (χ0n) is 10.9. The fourth-order valence-corrected chi connectivity index (χ4v) is 2.80. The average molecular weight is 279 g/mol. The van der Waals surface area contributed by atoms with Crippen molar-refractivity contribution in [3.63, 3.8) is 0 Å². The Morgan fingerprint density at radius 3 is 2.95 bits per heavy atom. The first-order chi connectivity index (χ1) is 9.38. The molecule has 7 nitrogen and oxygen atoms in total. The van der Waals surface area contributed by atoms with Crippen LogP contribution in [0.1, 0.15) is 19.0 Å². The van der Waals surface area contributed by atoms with Crippen LogP contribution in [0.15, 0.2) is 0 Å². The van der Waals surface area contributed by atoms with E-state index in [1.54, 1.807) is 0 Å². The van der Waals surface area contributed by atoms with Gasteiger partial charge in [0.25, 0.3) is 0 Å². The number of hydrogen-bond acceptors (Lipinski definition) is 7. The van der Waals surface area contributed by atoms with Gasteiger partial charge in [-0.15, -0.1) is 10.2 Å². The lowest BCUT2D eigenvalue weighted by Crippen LogP contribution is -2.44. The molecule has 2 N–H and O–H groups in total. The molecule has 0 bridgehead atoms. The quantitative estimate of drug-likeness (QED) is 0.856. The van der Waals surface area contributed by atoms with Gasteiger partial charge in [-0.3, -0.25) is 5.10 Å². The van der Waals surface area contributed by atoms with Crippen molar-refractivity contribution in [2.45, 2.75) is 19.8 Å². The molecular formula is C11H17N7S. The minimum atomic E-state index is 0.771. The van der Waals surface area contributed by atoms with E-state index in [0.717, 1.165) is 61.4 Å². The molecule has 19 heavy (non-hydrogen) atoms. The Hall–Kier alpha value is -1.54. The van der Waals surface area contributed by atoms with Crippen LogP contribution in [0.4, 0.5) is 5.95 Å². The Bertz CT molecular complexity index is 529. The van der Waals surface area contributed by atoms with Crippen molar-refractivity contribution >= 4 is 17.5 Å². The summed E-state index contributed by atoms with van der Waals surface area (Å²) in [6, 6.07) is 0. The molecule has 2 aromatic rings. The number of aromatic nitrogens is 5. The molecule has 0 spiro atoms. The highest BCUT2D eigenvalue weighted by Crippen LogP contribution is 2.25. The Morgan fingerprint density at radius 2 is 2.16 bits per heavy atom. The number of nitrogens with one attached hydrogen (secondary N) is 2. The van der Waals surface area contributed by atoms with Crippen molar-refractivity contribution in [1.29, 1.82) is 0 Å². The summed E-state index contributed by atoms with van der Waals surface area (Å²) in [4.78, 5) is 7.78. The van der Waals surface area contributed by atoms with E-state index < -0.39 is 0 Å². The molecule has 3 heterocycles. The SMILES string of the molecule is CCCc1nnsc1-c1nc(N2CCNCC2)n[nH]1. The van der Waals surface area contributed by atoms with Crippen molar-refractivity contribution in [3.8, 4) is 10.7 Å². The Balaban J connectivity index is 1.81. The van der Waals surface area contributed by atoms with Crippen LogP contribution in [0.25, 0.3) is 10.7 Å². The molecule has 1 saturated heterocycles. The van der Waals surface area contributed by atoms with Crippen LogP contribution in [0, 0.1) is 0 Å². The van der Waals surface area contributed by atoms with Gasteiger partial charge in [-0.05, 0) is 18.0 Å². The molecule has 3 rings (SSSR count). The molecular weight excluding hydrogens is 262 g/mol. The topological polar surface area (TPSA) is 82.6 Å². The largest absolute Gasteiger partial charge is 0.337 e. The molecule has 2 aromatic heterocycles. The van der Waals surface area contributed by atoms with E-state index in [9.17, 15) is 0 Å². The fraction of sp³-hybridized carbons (Fsp3) is 0.636. The lowest BCUT2D eigenvalue weighted by molar-refractivity contribution is 0.580. The van der Waals surface area contributed by atoms with Crippen molar-refractivity contribution in [3.05, 3.63) is 5.69 Å². The van der Waals surface area contributed by atoms with Crippen molar-refractivity contribution < 1.29 is 0 Å². The monoisotopic (exact) mass is 279 g/mol. The highest BCUT2D eigenvalue weighted by molar-refractivity contribution is 7.09. The number of aryl methyl sites for hydroxylation is 1. The van der Waals surface area contributed by atoms with Crippen LogP contribution in [0.3, 0.4) is 0 Å². The maximum Gasteiger partial charge on any atom is 0.245 e. The van der Waals surface area contributed by atoms with E-state index >= 15 is 0 Å². The number of piperazine rings is 1. The summed E-state index contributed by atoms with van der Waals surface area (Å²) in [5.74, 6) is 1.55. The molecule has 1 aliphatic heterocycles. The van der Waals surface area contributed by atoms with Crippen molar-refractivity contribution in [2.24, 2.45) is 0 Å². The molecule has 0 radical (unpaired) electrons. The van der Waals surface area contributed by atoms with Crippen LogP contribution >= 0.6 is 11.5 Å². The van der Waals surface area contributed by atoms with Crippen LogP contribution in [0.2, 0.25) is 0 Å². The van der Waals surface area contributed by atoms with Gasteiger partial charge < -0.3 is 10.2 Å². The highest BCUT2D eigenvalue weighted by Gasteiger charge is 2.18. The number of H-pyrrole nitrogens is 1. The lowest BCUT2D eigenvalue weighted by Gasteiger charge is -2.25. The third-order valence-corrected chi connectivity index (χ3v) is 3.91. The molecule has 0 amide bonds. The van der Waals surface area contributed by atoms with Gasteiger partial charge in [-0.1, -0.05) is 17.8 Å². The van der Waals surface area contributed by atoms with Gasteiger partial charge in [0.15, 0.2) is 5.82 Å². The lowest BCUT2D eigenvalue weighted by atomic mass is 10.2. The molecule has 0 unspecified atom stereocenters. The summed E-state index contributed by atoms with van der Waals surface area (Å²) in [6.07, 6.45) is 1.98. The van der Waals surface area contributed by atoms with Crippen LogP contribution in [0.5, 0.6) is 0 Å². The maximum absolute atomic E-state index is 4.58. The number of anilines is 1. The van der Waals surface area contributed by atoms with Gasteiger partial charge in [0.2, 0.25) is 5.95 Å². The molecule has 0 aromatic carbocycles. The first-order valence-electron chi connectivity index (χ1n) is 6.58. The summed E-state index contributed by atoms with van der Waals surface area (Å²) in [5, 5.41) is 14.8. The van der Waals surface area contributed by atoms with E-state index in [4.69, 9.17) is 0 Å². The van der Waals surface area contributed by atoms with Gasteiger partial charge in [0.1, 0.15) is 4.88 Å². The van der Waals surface area contributed by atoms with Gasteiger partial charge in [0, 0.05) is 26.2 Å². The third-order valence-electron chi connectivity index (χ3n) is 3.13. The molecule has 0 aliphatic carbocycles. The third kappa shape index (κ3) is 2.59. The number of nitrogens with zero attached hydrogens (tertiary/aromatic N) is 5. The zero-order chi connectivity index (χ0) is 13.1. The van der Waals surface area contributed by atoms with Crippen LogP contribution in [-0.2, 0) is 6.42 Å². The molecule has 1 aliphatic rings. The van der Waals surface area contributed by atoms with Gasteiger partial charge in [-0.2, -0.15) is 4.98 Å². The average Bonchev–Trinajstić information content (AvgIpc) is 3.08. The van der Waals surface area contributed by atoms with Gasteiger partial charge >= 0.3 is 0 Å². The Labute approximate surface area is 115 Å². The van der Waals surface area contributed by atoms with Gasteiger partial charge in [0.05, 0.1) is 5.69 Å². The summed E-state index contributed by atoms with van der Waals surface area (Å²) >= 11 is 1.38. The standard InChI is InChI=1S/C11H17N7S/c1-2-3-8-9(19-17-14-8)10-13-11(16-15-10)18-6-4-12-5-7-18/h12H,2-7H2,1H3,(H,13,15,16). The fourth-order valence-electron chi connectivity index (χ4n) is 2.15. The van der Waals surface area contributed by atoms with Crippen LogP contribution < -0.4 is 10.2 Å². The summed E-state index contributed by atoms with van der Waals surface area (Å²) < 4.78 is 4.02. The smallest absolute Gasteiger partial charge is 0.245 e. The van der Waals surface area contributed by atoms with Crippen molar-refractivity contribution in [1.82, 2.24) is 30.1 Å². The molecule has 1 fully saturated rings. The van der Waals surface area contributed by atoms with E-state index in [0.29, 0.717) is 0 Å². The van der Waals surface area contributed by atoms with E-state index in [1.807, 2.05) is 0 Å². The number of rotatable bonds is 4.